The predicted octanol–water partition coefficient (Wildman–Crippen LogP) is 23.3. The Hall–Kier alpha value is -1.19. The fourth-order valence-corrected chi connectivity index (χ4v) is 15.9. The highest BCUT2D eigenvalue weighted by Gasteiger charge is 2.20. The van der Waals surface area contributed by atoms with Crippen molar-refractivity contribution in [2.45, 2.75) is 405 Å². The van der Waals surface area contributed by atoms with Crippen molar-refractivity contribution in [3.05, 3.63) is 48.6 Å². The molecule has 99 heavy (non-hydrogen) atoms. The summed E-state index contributed by atoms with van der Waals surface area (Å²) in [6.07, 6.45) is 83.5. The number of hydrogen-bond acceptors (Lipinski definition) is 12. The third-order valence-electron chi connectivity index (χ3n) is 20.3. The highest BCUT2D eigenvalue weighted by molar-refractivity contribution is 8.76. The SMILES string of the molecule is CCCCCCCC/C=C\CCCCCC[C@@H](O)CN(CCCC(=O)OCCN1CCN(CCSSCCCN(C[C@@H](O)CCCCCC/C=C\CCCCCCCC)C[C@@H](O)CCCCCC/C=C\CCCCCCCC)CC1)C[C@H](O)CCCCCC/C=C\CCCCCCCC. The van der Waals surface area contributed by atoms with E-state index in [2.05, 4.69) is 95.9 Å². The van der Waals surface area contributed by atoms with Crippen molar-refractivity contribution in [3.63, 3.8) is 0 Å². The Bertz CT molecular complexity index is 1660. The summed E-state index contributed by atoms with van der Waals surface area (Å²) in [6.45, 7) is 19.4. The van der Waals surface area contributed by atoms with Crippen LogP contribution in [-0.2, 0) is 9.53 Å². The van der Waals surface area contributed by atoms with Crippen molar-refractivity contribution in [3.8, 4) is 0 Å². The van der Waals surface area contributed by atoms with Crippen LogP contribution in [0.1, 0.15) is 381 Å². The molecule has 0 radical (unpaired) electrons. The minimum atomic E-state index is -0.432. The topological polar surface area (TPSA) is 120 Å². The molecule has 1 aliphatic heterocycles. The van der Waals surface area contributed by atoms with E-state index in [0.29, 0.717) is 52.2 Å². The zero-order valence-corrected chi connectivity index (χ0v) is 67.8. The largest absolute Gasteiger partial charge is 0.464 e. The molecule has 584 valence electrons. The number of esters is 1. The number of carbonyl (C=O) groups excluding carboxylic acids is 1. The Morgan fingerprint density at radius 2 is 0.586 bits per heavy atom. The standard InChI is InChI=1S/C87H168N4O6S2/c1-5-9-13-17-21-25-29-33-37-41-45-49-53-57-63-83(92)79-90(80-84(93)64-58-54-50-46-42-38-34-30-26-22-18-14-10-6-2)68-61-67-87(96)97-76-74-88-70-72-89(73-71-88)75-78-99-98-77-62-69-91(81-85(94)65-59-55-51-47-43-39-35-31-27-23-19-15-11-7-3)82-86(95)66-60-56-52-48-44-40-36-32-28-24-20-16-12-8-4/h33-40,83-86,92-95H,5-32,41-82H2,1-4H3/b37-33-,38-34-,39-35-,40-36-/t83-,84-,85+,86+/m1/s1. The second-order valence-corrected chi connectivity index (χ2v) is 32.9. The van der Waals surface area contributed by atoms with E-state index in [1.54, 1.807) is 0 Å². The van der Waals surface area contributed by atoms with E-state index in [1.165, 1.54) is 257 Å². The molecular weight excluding hydrogens is 1260 g/mol. The monoisotopic (exact) mass is 1430 g/mol. The number of rotatable bonds is 79. The van der Waals surface area contributed by atoms with Crippen LogP contribution in [0.2, 0.25) is 0 Å². The Balaban J connectivity index is 2.47. The average molecular weight is 1430 g/mol. The fraction of sp³-hybridized carbons (Fsp3) is 0.897. The van der Waals surface area contributed by atoms with Gasteiger partial charge < -0.3 is 25.2 Å². The first-order valence-electron chi connectivity index (χ1n) is 43.3. The summed E-state index contributed by atoms with van der Waals surface area (Å²) in [5.41, 5.74) is 0. The molecule has 1 fully saturated rings. The maximum absolute atomic E-state index is 13.0. The van der Waals surface area contributed by atoms with Gasteiger partial charge in [0.15, 0.2) is 0 Å². The molecule has 1 heterocycles. The number of carbonyl (C=O) groups is 1. The number of ether oxygens (including phenoxy) is 1. The Morgan fingerprint density at radius 3 is 0.889 bits per heavy atom. The molecule has 0 unspecified atom stereocenters. The average Bonchev–Trinajstić information content (AvgIpc) is 1.94. The molecule has 1 aliphatic rings. The molecule has 0 aromatic carbocycles. The van der Waals surface area contributed by atoms with E-state index in [1.807, 2.05) is 21.6 Å². The molecule has 0 saturated carbocycles. The lowest BCUT2D eigenvalue weighted by atomic mass is 10.1. The van der Waals surface area contributed by atoms with Gasteiger partial charge in [0.2, 0.25) is 0 Å². The second kappa shape index (κ2) is 77.9. The van der Waals surface area contributed by atoms with E-state index >= 15 is 0 Å². The lowest BCUT2D eigenvalue weighted by Crippen LogP contribution is -2.47. The molecule has 0 bridgehead atoms. The lowest BCUT2D eigenvalue weighted by molar-refractivity contribution is -0.144. The second-order valence-electron chi connectivity index (χ2n) is 30.2. The summed E-state index contributed by atoms with van der Waals surface area (Å²) in [5.74, 6) is 2.02. The quantitative estimate of drug-likeness (QED) is 0.0201. The van der Waals surface area contributed by atoms with Crippen LogP contribution in [-0.4, -0.2) is 167 Å². The predicted molar refractivity (Wildman–Crippen MR) is 439 cm³/mol. The highest BCUT2D eigenvalue weighted by atomic mass is 33.1. The van der Waals surface area contributed by atoms with Crippen LogP contribution in [0.4, 0.5) is 0 Å². The summed E-state index contributed by atoms with van der Waals surface area (Å²) in [6, 6.07) is 0. The van der Waals surface area contributed by atoms with Gasteiger partial charge in [-0.2, -0.15) is 0 Å². The van der Waals surface area contributed by atoms with Gasteiger partial charge >= 0.3 is 5.97 Å². The van der Waals surface area contributed by atoms with Crippen molar-refractivity contribution >= 4 is 27.6 Å². The van der Waals surface area contributed by atoms with Crippen LogP contribution in [0.3, 0.4) is 0 Å². The van der Waals surface area contributed by atoms with E-state index in [9.17, 15) is 25.2 Å². The smallest absolute Gasteiger partial charge is 0.305 e. The fourth-order valence-electron chi connectivity index (χ4n) is 13.8. The molecule has 0 amide bonds. The molecule has 0 aromatic rings. The van der Waals surface area contributed by atoms with Gasteiger partial charge in [-0.3, -0.25) is 24.4 Å². The normalized spacial score (nSPS) is 14.8. The van der Waals surface area contributed by atoms with Crippen LogP contribution in [0.5, 0.6) is 0 Å². The molecule has 12 heteroatoms. The molecule has 4 atom stereocenters. The van der Waals surface area contributed by atoms with E-state index in [-0.39, 0.29) is 18.2 Å². The van der Waals surface area contributed by atoms with Crippen LogP contribution in [0.15, 0.2) is 48.6 Å². The summed E-state index contributed by atoms with van der Waals surface area (Å²) in [7, 11) is 3.95. The first-order chi connectivity index (χ1) is 48.7. The number of unbranched alkanes of at least 4 members (excludes halogenated alkanes) is 40. The van der Waals surface area contributed by atoms with Crippen LogP contribution in [0, 0.1) is 0 Å². The molecular formula is C87H168N4O6S2. The maximum atomic E-state index is 13.0. The van der Waals surface area contributed by atoms with Gasteiger partial charge in [-0.25, -0.2) is 0 Å². The maximum Gasteiger partial charge on any atom is 0.305 e. The summed E-state index contributed by atoms with van der Waals surface area (Å²) in [4.78, 5) is 22.6. The van der Waals surface area contributed by atoms with Crippen molar-refractivity contribution in [2.75, 3.05) is 96.6 Å². The number of aliphatic hydroxyl groups is 4. The Morgan fingerprint density at radius 1 is 0.333 bits per heavy atom. The van der Waals surface area contributed by atoms with E-state index in [4.69, 9.17) is 4.74 Å². The van der Waals surface area contributed by atoms with Crippen molar-refractivity contribution in [1.82, 2.24) is 19.6 Å². The van der Waals surface area contributed by atoms with Gasteiger partial charge in [0.25, 0.3) is 0 Å². The zero-order valence-electron chi connectivity index (χ0n) is 66.1. The molecule has 4 N–H and O–H groups in total. The van der Waals surface area contributed by atoms with Crippen molar-refractivity contribution in [1.29, 1.82) is 0 Å². The number of piperazine rings is 1. The number of hydrogen-bond donors (Lipinski definition) is 4. The van der Waals surface area contributed by atoms with Crippen LogP contribution < -0.4 is 0 Å². The Labute approximate surface area is 623 Å². The number of nitrogens with zero attached hydrogens (tertiary/aromatic N) is 4. The minimum Gasteiger partial charge on any atom is -0.464 e. The van der Waals surface area contributed by atoms with E-state index < -0.39 is 12.2 Å². The van der Waals surface area contributed by atoms with Crippen LogP contribution in [0.25, 0.3) is 0 Å². The van der Waals surface area contributed by atoms with Gasteiger partial charge in [-0.05, 0) is 154 Å². The third kappa shape index (κ3) is 70.9. The highest BCUT2D eigenvalue weighted by Crippen LogP contribution is 2.24. The minimum absolute atomic E-state index is 0.149. The van der Waals surface area contributed by atoms with Gasteiger partial charge in [0.05, 0.1) is 24.4 Å². The van der Waals surface area contributed by atoms with Crippen LogP contribution >= 0.6 is 21.6 Å². The van der Waals surface area contributed by atoms with E-state index in [0.717, 1.165) is 141 Å². The van der Waals surface area contributed by atoms with Gasteiger partial charge in [-0.1, -0.05) is 303 Å². The lowest BCUT2D eigenvalue weighted by Gasteiger charge is -2.34. The summed E-state index contributed by atoms with van der Waals surface area (Å²) < 4.78 is 5.79. The molecule has 10 nitrogen and oxygen atoms in total. The van der Waals surface area contributed by atoms with Gasteiger partial charge in [-0.15, -0.1) is 0 Å². The molecule has 1 saturated heterocycles. The summed E-state index contributed by atoms with van der Waals surface area (Å²) >= 11 is 0. The van der Waals surface area contributed by atoms with Crippen molar-refractivity contribution < 1.29 is 30.0 Å². The molecule has 0 aromatic heterocycles. The van der Waals surface area contributed by atoms with Crippen molar-refractivity contribution in [2.24, 2.45) is 0 Å². The first kappa shape index (κ1) is 95.8. The van der Waals surface area contributed by atoms with Gasteiger partial charge in [0.1, 0.15) is 6.61 Å². The zero-order chi connectivity index (χ0) is 71.5. The molecule has 1 rings (SSSR count). The molecule has 0 spiro atoms. The third-order valence-corrected chi connectivity index (χ3v) is 22.8. The first-order valence-corrected chi connectivity index (χ1v) is 45.8. The Kier molecular flexibility index (Phi) is 75.4. The summed E-state index contributed by atoms with van der Waals surface area (Å²) in [5, 5.41) is 44.9. The molecule has 0 aliphatic carbocycles. The van der Waals surface area contributed by atoms with Gasteiger partial charge in [0, 0.05) is 83.4 Å². The number of allylic oxidation sites excluding steroid dienone is 8. The number of aliphatic hydroxyl groups excluding tert-OH is 4.